The first-order chi connectivity index (χ1) is 14.0. The molecule has 0 unspecified atom stereocenters. The molecule has 7 nitrogen and oxygen atoms in total. The van der Waals surface area contributed by atoms with Crippen LogP contribution in [0.25, 0.3) is 0 Å². The van der Waals surface area contributed by atoms with Crippen molar-refractivity contribution in [1.82, 2.24) is 4.90 Å². The SMILES string of the molecule is CCN(C[C@H]1COc2ccccc2O1)C(=O)COC(=O)c1ccc(N(C)C)cc1. The molecule has 0 spiro atoms. The van der Waals surface area contributed by atoms with Crippen molar-refractivity contribution < 1.29 is 23.8 Å². The van der Waals surface area contributed by atoms with E-state index in [2.05, 4.69) is 0 Å². The highest BCUT2D eigenvalue weighted by molar-refractivity contribution is 5.91. The molecule has 1 atom stereocenters. The summed E-state index contributed by atoms with van der Waals surface area (Å²) >= 11 is 0. The summed E-state index contributed by atoms with van der Waals surface area (Å²) in [5.74, 6) is 0.575. The number of carbonyl (C=O) groups excluding carboxylic acids is 2. The summed E-state index contributed by atoms with van der Waals surface area (Å²) < 4.78 is 16.8. The zero-order valence-corrected chi connectivity index (χ0v) is 17.0. The van der Waals surface area contributed by atoms with E-state index in [9.17, 15) is 9.59 Å². The van der Waals surface area contributed by atoms with E-state index in [-0.39, 0.29) is 18.6 Å². The predicted molar refractivity (Wildman–Crippen MR) is 110 cm³/mol. The van der Waals surface area contributed by atoms with Crippen molar-refractivity contribution in [3.05, 3.63) is 54.1 Å². The van der Waals surface area contributed by atoms with Gasteiger partial charge in [-0.05, 0) is 43.3 Å². The van der Waals surface area contributed by atoms with E-state index in [0.29, 0.717) is 36.8 Å². The van der Waals surface area contributed by atoms with E-state index in [1.54, 1.807) is 17.0 Å². The molecule has 3 rings (SSSR count). The van der Waals surface area contributed by atoms with E-state index >= 15 is 0 Å². The summed E-state index contributed by atoms with van der Waals surface area (Å²) in [7, 11) is 3.84. The van der Waals surface area contributed by atoms with Gasteiger partial charge in [-0.25, -0.2) is 4.79 Å². The van der Waals surface area contributed by atoms with Gasteiger partial charge in [0.05, 0.1) is 12.1 Å². The van der Waals surface area contributed by atoms with Crippen LogP contribution in [0, 0.1) is 0 Å². The molecule has 154 valence electrons. The average Bonchev–Trinajstić information content (AvgIpc) is 2.75. The molecule has 2 aromatic rings. The van der Waals surface area contributed by atoms with Crippen LogP contribution < -0.4 is 14.4 Å². The van der Waals surface area contributed by atoms with E-state index < -0.39 is 5.97 Å². The summed E-state index contributed by atoms with van der Waals surface area (Å²) in [4.78, 5) is 28.3. The molecule has 1 aliphatic rings. The van der Waals surface area contributed by atoms with Crippen molar-refractivity contribution in [2.75, 3.05) is 45.3 Å². The number of fused-ring (bicyclic) bond motifs is 1. The molecule has 0 N–H and O–H groups in total. The zero-order valence-electron chi connectivity index (χ0n) is 17.0. The van der Waals surface area contributed by atoms with E-state index in [1.165, 1.54) is 0 Å². The Morgan fingerprint density at radius 2 is 1.76 bits per heavy atom. The number of para-hydroxylation sites is 2. The fourth-order valence-corrected chi connectivity index (χ4v) is 3.00. The number of carbonyl (C=O) groups is 2. The smallest absolute Gasteiger partial charge is 0.338 e. The van der Waals surface area contributed by atoms with E-state index in [1.807, 2.05) is 62.3 Å². The first-order valence-electron chi connectivity index (χ1n) is 9.58. The monoisotopic (exact) mass is 398 g/mol. The Hall–Kier alpha value is -3.22. The summed E-state index contributed by atoms with van der Waals surface area (Å²) in [6, 6.07) is 14.5. The Morgan fingerprint density at radius 3 is 2.41 bits per heavy atom. The van der Waals surface area contributed by atoms with Crippen molar-refractivity contribution in [1.29, 1.82) is 0 Å². The van der Waals surface area contributed by atoms with Crippen LogP contribution >= 0.6 is 0 Å². The van der Waals surface area contributed by atoms with Crippen LogP contribution in [0.4, 0.5) is 5.69 Å². The predicted octanol–water partition coefficient (Wildman–Crippen LogP) is 2.60. The molecule has 1 amide bonds. The molecule has 0 bridgehead atoms. The molecule has 0 radical (unpaired) electrons. The lowest BCUT2D eigenvalue weighted by Crippen LogP contribution is -2.45. The van der Waals surface area contributed by atoms with Gasteiger partial charge >= 0.3 is 5.97 Å². The summed E-state index contributed by atoms with van der Waals surface area (Å²) in [6.45, 7) is 2.76. The molecule has 0 saturated heterocycles. The van der Waals surface area contributed by atoms with Gasteiger partial charge in [0.15, 0.2) is 24.2 Å². The molecule has 0 fully saturated rings. The molecular formula is C22H26N2O5. The number of likely N-dealkylation sites (N-methyl/N-ethyl adjacent to an activating group) is 1. The number of hydrogen-bond acceptors (Lipinski definition) is 6. The second kappa shape index (κ2) is 9.32. The van der Waals surface area contributed by atoms with Crippen LogP contribution in [-0.4, -0.2) is 63.3 Å². The van der Waals surface area contributed by atoms with Gasteiger partial charge in [0, 0.05) is 26.3 Å². The van der Waals surface area contributed by atoms with Crippen molar-refractivity contribution in [2.24, 2.45) is 0 Å². The third kappa shape index (κ3) is 5.19. The number of amides is 1. The number of rotatable bonds is 7. The highest BCUT2D eigenvalue weighted by Crippen LogP contribution is 2.31. The van der Waals surface area contributed by atoms with Crippen molar-refractivity contribution in [3.8, 4) is 11.5 Å². The normalized spacial score (nSPS) is 14.8. The minimum absolute atomic E-state index is 0.270. The number of esters is 1. The molecule has 0 aromatic heterocycles. The molecular weight excluding hydrogens is 372 g/mol. The van der Waals surface area contributed by atoms with Gasteiger partial charge in [0.2, 0.25) is 0 Å². The van der Waals surface area contributed by atoms with Crippen LogP contribution in [0.15, 0.2) is 48.5 Å². The lowest BCUT2D eigenvalue weighted by Gasteiger charge is -2.30. The summed E-state index contributed by atoms with van der Waals surface area (Å²) in [6.07, 6.45) is -0.275. The maximum Gasteiger partial charge on any atom is 0.338 e. The Kier molecular flexibility index (Phi) is 6.59. The number of benzene rings is 2. The summed E-state index contributed by atoms with van der Waals surface area (Å²) in [5, 5.41) is 0. The van der Waals surface area contributed by atoms with Gasteiger partial charge in [-0.2, -0.15) is 0 Å². The number of nitrogens with zero attached hydrogens (tertiary/aromatic N) is 2. The lowest BCUT2D eigenvalue weighted by molar-refractivity contribution is -0.135. The van der Waals surface area contributed by atoms with Crippen LogP contribution in [-0.2, 0) is 9.53 Å². The molecule has 29 heavy (non-hydrogen) atoms. The number of ether oxygens (including phenoxy) is 3. The third-order valence-electron chi connectivity index (χ3n) is 4.67. The van der Waals surface area contributed by atoms with Gasteiger partial charge in [0.25, 0.3) is 5.91 Å². The van der Waals surface area contributed by atoms with Crippen molar-refractivity contribution in [2.45, 2.75) is 13.0 Å². The number of hydrogen-bond donors (Lipinski definition) is 0. The van der Waals surface area contributed by atoms with Gasteiger partial charge < -0.3 is 24.0 Å². The minimum Gasteiger partial charge on any atom is -0.486 e. The minimum atomic E-state index is -0.522. The van der Waals surface area contributed by atoms with Crippen LogP contribution in [0.2, 0.25) is 0 Å². The lowest BCUT2D eigenvalue weighted by atomic mass is 10.2. The van der Waals surface area contributed by atoms with Gasteiger partial charge in [0.1, 0.15) is 6.61 Å². The average molecular weight is 398 g/mol. The van der Waals surface area contributed by atoms with Crippen LogP contribution in [0.5, 0.6) is 11.5 Å². The maximum absolute atomic E-state index is 12.5. The maximum atomic E-state index is 12.5. The first-order valence-corrected chi connectivity index (χ1v) is 9.58. The fraction of sp³-hybridized carbons (Fsp3) is 0.364. The largest absolute Gasteiger partial charge is 0.486 e. The highest BCUT2D eigenvalue weighted by Gasteiger charge is 2.25. The molecule has 0 saturated carbocycles. The van der Waals surface area contributed by atoms with Gasteiger partial charge in [-0.1, -0.05) is 12.1 Å². The van der Waals surface area contributed by atoms with Crippen LogP contribution in [0.1, 0.15) is 17.3 Å². The molecule has 2 aromatic carbocycles. The standard InChI is InChI=1S/C22H26N2O5/c1-4-24(13-18-14-27-19-7-5-6-8-20(19)29-18)21(25)15-28-22(26)16-9-11-17(12-10-16)23(2)3/h5-12,18H,4,13-15H2,1-3H3/t18-/m0/s1. The topological polar surface area (TPSA) is 68.3 Å². The second-order valence-electron chi connectivity index (χ2n) is 6.95. The van der Waals surface area contributed by atoms with Crippen LogP contribution in [0.3, 0.4) is 0 Å². The Morgan fingerprint density at radius 1 is 1.07 bits per heavy atom. The third-order valence-corrected chi connectivity index (χ3v) is 4.67. The fourth-order valence-electron chi connectivity index (χ4n) is 3.00. The Bertz CT molecular complexity index is 851. The zero-order chi connectivity index (χ0) is 20.8. The Labute approximate surface area is 170 Å². The molecule has 0 aliphatic carbocycles. The van der Waals surface area contributed by atoms with Crippen molar-refractivity contribution >= 4 is 17.6 Å². The summed E-state index contributed by atoms with van der Waals surface area (Å²) in [5.41, 5.74) is 1.39. The molecule has 1 heterocycles. The Balaban J connectivity index is 1.51. The van der Waals surface area contributed by atoms with E-state index in [4.69, 9.17) is 14.2 Å². The van der Waals surface area contributed by atoms with E-state index in [0.717, 1.165) is 5.69 Å². The first kappa shape index (κ1) is 20.5. The highest BCUT2D eigenvalue weighted by atomic mass is 16.6. The number of anilines is 1. The van der Waals surface area contributed by atoms with Crippen molar-refractivity contribution in [3.63, 3.8) is 0 Å². The second-order valence-corrected chi connectivity index (χ2v) is 6.95. The van der Waals surface area contributed by atoms with Gasteiger partial charge in [-0.3, -0.25) is 4.79 Å². The molecule has 7 heteroatoms. The quantitative estimate of drug-likeness (QED) is 0.668. The van der Waals surface area contributed by atoms with Gasteiger partial charge in [-0.15, -0.1) is 0 Å². The molecule has 1 aliphatic heterocycles.